The van der Waals surface area contributed by atoms with Crippen molar-refractivity contribution >= 4 is 17.1 Å². The maximum absolute atomic E-state index is 12.7. The molecule has 0 bridgehead atoms. The van der Waals surface area contributed by atoms with Gasteiger partial charge in [0.15, 0.2) is 11.2 Å². The fourth-order valence-corrected chi connectivity index (χ4v) is 2.97. The standard InChI is InChI=1S/C16H19N7O2/c1-3-4-8-22-12-13(19-15(22)21-10-6-18-7-11-21)23(9-5-17)16(25)20(2)14(12)24/h18H,6-11H2,1-2H3. The van der Waals surface area contributed by atoms with E-state index >= 15 is 0 Å². The molecule has 9 heteroatoms. The van der Waals surface area contributed by atoms with Crippen molar-refractivity contribution in [2.45, 2.75) is 20.0 Å². The Kier molecular flexibility index (Phi) is 4.59. The summed E-state index contributed by atoms with van der Waals surface area (Å²) in [6.45, 7) is 4.97. The quantitative estimate of drug-likeness (QED) is 0.708. The summed E-state index contributed by atoms with van der Waals surface area (Å²) in [4.78, 5) is 31.7. The number of rotatable bonds is 3. The van der Waals surface area contributed by atoms with Crippen LogP contribution in [0.15, 0.2) is 9.59 Å². The Morgan fingerprint density at radius 1 is 1.20 bits per heavy atom. The fraction of sp³-hybridized carbons (Fsp3) is 0.500. The summed E-state index contributed by atoms with van der Waals surface area (Å²) >= 11 is 0. The lowest BCUT2D eigenvalue weighted by molar-refractivity contribution is 0.573. The molecule has 0 aliphatic carbocycles. The number of piperazine rings is 1. The number of fused-ring (bicyclic) bond motifs is 1. The van der Waals surface area contributed by atoms with Crippen molar-refractivity contribution in [2.75, 3.05) is 31.1 Å². The second kappa shape index (κ2) is 6.83. The van der Waals surface area contributed by atoms with Crippen molar-refractivity contribution in [1.29, 1.82) is 5.26 Å². The summed E-state index contributed by atoms with van der Waals surface area (Å²) in [5.41, 5.74) is -0.437. The highest BCUT2D eigenvalue weighted by atomic mass is 16.2. The molecule has 1 saturated heterocycles. The van der Waals surface area contributed by atoms with Crippen LogP contribution in [0.5, 0.6) is 0 Å². The predicted molar refractivity (Wildman–Crippen MR) is 93.4 cm³/mol. The van der Waals surface area contributed by atoms with Crippen LogP contribution >= 0.6 is 0 Å². The average molecular weight is 341 g/mol. The van der Waals surface area contributed by atoms with Crippen molar-refractivity contribution in [1.82, 2.24) is 24.0 Å². The molecule has 130 valence electrons. The van der Waals surface area contributed by atoms with Crippen LogP contribution in [-0.4, -0.2) is 44.9 Å². The lowest BCUT2D eigenvalue weighted by Gasteiger charge is -2.28. The minimum Gasteiger partial charge on any atom is -0.340 e. The van der Waals surface area contributed by atoms with E-state index in [2.05, 4.69) is 27.0 Å². The van der Waals surface area contributed by atoms with Gasteiger partial charge in [0.05, 0.1) is 12.6 Å². The largest absolute Gasteiger partial charge is 0.340 e. The molecule has 0 saturated carbocycles. The Morgan fingerprint density at radius 2 is 1.92 bits per heavy atom. The van der Waals surface area contributed by atoms with Gasteiger partial charge in [0.1, 0.15) is 6.54 Å². The Morgan fingerprint density at radius 3 is 2.56 bits per heavy atom. The molecule has 0 radical (unpaired) electrons. The maximum atomic E-state index is 12.7. The number of nitrogens with zero attached hydrogens (tertiary/aromatic N) is 6. The zero-order valence-electron chi connectivity index (χ0n) is 14.2. The van der Waals surface area contributed by atoms with E-state index in [0.29, 0.717) is 18.0 Å². The molecule has 0 spiro atoms. The molecule has 3 heterocycles. The number of anilines is 1. The van der Waals surface area contributed by atoms with Gasteiger partial charge in [-0.05, 0) is 6.92 Å². The van der Waals surface area contributed by atoms with Gasteiger partial charge in [-0.25, -0.2) is 4.79 Å². The van der Waals surface area contributed by atoms with E-state index < -0.39 is 11.2 Å². The van der Waals surface area contributed by atoms with E-state index in [-0.39, 0.29) is 12.2 Å². The Hall–Kier alpha value is -3.04. The van der Waals surface area contributed by atoms with E-state index in [4.69, 9.17) is 5.26 Å². The second-order valence-electron chi connectivity index (χ2n) is 5.72. The van der Waals surface area contributed by atoms with Crippen LogP contribution in [0.2, 0.25) is 0 Å². The summed E-state index contributed by atoms with van der Waals surface area (Å²) < 4.78 is 3.99. The van der Waals surface area contributed by atoms with E-state index in [1.165, 1.54) is 11.6 Å². The van der Waals surface area contributed by atoms with E-state index in [1.807, 2.05) is 6.07 Å². The minimum absolute atomic E-state index is 0.166. The van der Waals surface area contributed by atoms with Crippen molar-refractivity contribution in [3.8, 4) is 17.9 Å². The zero-order valence-corrected chi connectivity index (χ0v) is 14.2. The monoisotopic (exact) mass is 341 g/mol. The number of hydrogen-bond acceptors (Lipinski definition) is 6. The van der Waals surface area contributed by atoms with E-state index in [0.717, 1.165) is 30.7 Å². The molecule has 1 aliphatic heterocycles. The molecule has 1 aliphatic rings. The van der Waals surface area contributed by atoms with Crippen molar-refractivity contribution in [3.63, 3.8) is 0 Å². The van der Waals surface area contributed by atoms with Crippen LogP contribution in [0, 0.1) is 23.2 Å². The van der Waals surface area contributed by atoms with Crippen molar-refractivity contribution < 1.29 is 0 Å². The van der Waals surface area contributed by atoms with Gasteiger partial charge in [-0.15, -0.1) is 5.92 Å². The average Bonchev–Trinajstić information content (AvgIpc) is 3.01. The molecule has 9 nitrogen and oxygen atoms in total. The molecule has 0 unspecified atom stereocenters. The molecule has 0 atom stereocenters. The first-order valence-corrected chi connectivity index (χ1v) is 8.02. The number of nitriles is 1. The summed E-state index contributed by atoms with van der Waals surface area (Å²) in [5.74, 6) is 6.40. The van der Waals surface area contributed by atoms with Crippen molar-refractivity contribution in [2.24, 2.45) is 7.05 Å². The molecular weight excluding hydrogens is 322 g/mol. The molecule has 25 heavy (non-hydrogen) atoms. The van der Waals surface area contributed by atoms with Crippen LogP contribution in [0.25, 0.3) is 11.2 Å². The highest BCUT2D eigenvalue weighted by molar-refractivity contribution is 5.75. The summed E-state index contributed by atoms with van der Waals surface area (Å²) in [6, 6.07) is 1.96. The third-order valence-electron chi connectivity index (χ3n) is 4.25. The smallest absolute Gasteiger partial charge is 0.333 e. The van der Waals surface area contributed by atoms with Gasteiger partial charge in [-0.3, -0.25) is 18.5 Å². The van der Waals surface area contributed by atoms with Gasteiger partial charge in [-0.1, -0.05) is 5.92 Å². The molecule has 2 aromatic heterocycles. The van der Waals surface area contributed by atoms with Crippen LogP contribution in [0.3, 0.4) is 0 Å². The Labute approximate surface area is 144 Å². The molecule has 2 aromatic rings. The van der Waals surface area contributed by atoms with Gasteiger partial charge < -0.3 is 10.2 Å². The summed E-state index contributed by atoms with van der Waals surface area (Å²) in [7, 11) is 1.41. The SMILES string of the molecule is CC#CCn1c(N2CCNCC2)nc2c1c(=O)n(C)c(=O)n2CC#N. The lowest BCUT2D eigenvalue weighted by atomic mass is 10.4. The van der Waals surface area contributed by atoms with Crippen LogP contribution < -0.4 is 21.5 Å². The van der Waals surface area contributed by atoms with Gasteiger partial charge in [0, 0.05) is 33.2 Å². The van der Waals surface area contributed by atoms with Gasteiger partial charge in [-0.2, -0.15) is 10.2 Å². The van der Waals surface area contributed by atoms with Gasteiger partial charge >= 0.3 is 5.69 Å². The fourth-order valence-electron chi connectivity index (χ4n) is 2.97. The van der Waals surface area contributed by atoms with Gasteiger partial charge in [0.2, 0.25) is 5.95 Å². The number of aromatic nitrogens is 4. The highest BCUT2D eigenvalue weighted by Crippen LogP contribution is 2.20. The van der Waals surface area contributed by atoms with E-state index in [9.17, 15) is 9.59 Å². The normalized spacial score (nSPS) is 14.2. The number of imidazole rings is 1. The topological polar surface area (TPSA) is 101 Å². The lowest BCUT2D eigenvalue weighted by Crippen LogP contribution is -2.44. The van der Waals surface area contributed by atoms with E-state index in [1.54, 1.807) is 11.5 Å². The first-order valence-electron chi connectivity index (χ1n) is 8.02. The molecule has 0 amide bonds. The minimum atomic E-state index is -0.544. The molecule has 0 aromatic carbocycles. The summed E-state index contributed by atoms with van der Waals surface area (Å²) in [6.07, 6.45) is 0. The van der Waals surface area contributed by atoms with Crippen LogP contribution in [0.4, 0.5) is 5.95 Å². The third-order valence-corrected chi connectivity index (χ3v) is 4.25. The predicted octanol–water partition coefficient (Wildman–Crippen LogP) is -1.15. The highest BCUT2D eigenvalue weighted by Gasteiger charge is 2.24. The zero-order chi connectivity index (χ0) is 18.0. The van der Waals surface area contributed by atoms with Crippen LogP contribution in [-0.2, 0) is 20.1 Å². The number of hydrogen-bond donors (Lipinski definition) is 1. The molecule has 3 rings (SSSR count). The van der Waals surface area contributed by atoms with Crippen molar-refractivity contribution in [3.05, 3.63) is 20.8 Å². The maximum Gasteiger partial charge on any atom is 0.333 e. The first-order chi connectivity index (χ1) is 12.1. The van der Waals surface area contributed by atoms with Gasteiger partial charge in [0.25, 0.3) is 5.56 Å². The van der Waals surface area contributed by atoms with Crippen LogP contribution in [0.1, 0.15) is 6.92 Å². The Bertz CT molecular complexity index is 1020. The molecular formula is C16H19N7O2. The summed E-state index contributed by atoms with van der Waals surface area (Å²) in [5, 5.41) is 12.3. The third kappa shape index (κ3) is 2.79. The Balaban J connectivity index is 2.35. The first kappa shape index (κ1) is 16.8. The molecule has 1 N–H and O–H groups in total. The second-order valence-corrected chi connectivity index (χ2v) is 5.72. The molecule has 1 fully saturated rings. The number of nitrogens with one attached hydrogen (secondary N) is 1.